The Morgan fingerprint density at radius 2 is 1.91 bits per heavy atom. The molecule has 0 amide bonds. The molecular formula is C7H3F2NO. The largest absolute Gasteiger partial charge is 0.440 e. The molecule has 2 rings (SSSR count). The van der Waals surface area contributed by atoms with Crippen LogP contribution in [0.2, 0.25) is 0 Å². The number of rotatable bonds is 0. The summed E-state index contributed by atoms with van der Waals surface area (Å²) in [5.41, 5.74) is -0.199. The number of fused-ring (bicyclic) bond motifs is 1. The Kier molecular flexibility index (Phi) is 1.15. The Morgan fingerprint density at radius 1 is 1.18 bits per heavy atom. The number of halogens is 2. The Labute approximate surface area is 60.5 Å². The van der Waals surface area contributed by atoms with Gasteiger partial charge in [0, 0.05) is 0 Å². The molecule has 2 aromatic rings. The summed E-state index contributed by atoms with van der Waals surface area (Å²) < 4.78 is 30.0. The topological polar surface area (TPSA) is 26.0 Å². The van der Waals surface area contributed by atoms with Gasteiger partial charge in [0.2, 0.25) is 0 Å². The number of hydrogen-bond acceptors (Lipinski definition) is 2. The lowest BCUT2D eigenvalue weighted by Crippen LogP contribution is -1.80. The molecule has 0 bridgehead atoms. The molecule has 0 saturated carbocycles. The summed E-state index contributed by atoms with van der Waals surface area (Å²) in [6.45, 7) is 0. The second-order valence-corrected chi connectivity index (χ2v) is 2.06. The van der Waals surface area contributed by atoms with Gasteiger partial charge in [-0.1, -0.05) is 0 Å². The van der Waals surface area contributed by atoms with Crippen molar-refractivity contribution in [2.45, 2.75) is 0 Å². The van der Waals surface area contributed by atoms with Crippen molar-refractivity contribution in [2.75, 3.05) is 0 Å². The number of hydrogen-bond donors (Lipinski definition) is 0. The average molecular weight is 155 g/mol. The van der Waals surface area contributed by atoms with Crippen molar-refractivity contribution in [1.82, 2.24) is 4.98 Å². The van der Waals surface area contributed by atoms with Gasteiger partial charge in [-0.05, 0) is 12.1 Å². The van der Waals surface area contributed by atoms with E-state index in [2.05, 4.69) is 9.40 Å². The van der Waals surface area contributed by atoms with E-state index < -0.39 is 11.6 Å². The first-order chi connectivity index (χ1) is 5.29. The minimum absolute atomic E-state index is 0.0648. The van der Waals surface area contributed by atoms with E-state index in [1.54, 1.807) is 0 Å². The average Bonchev–Trinajstić information content (AvgIpc) is 2.45. The van der Waals surface area contributed by atoms with Crippen LogP contribution in [0.15, 0.2) is 22.9 Å². The molecule has 0 saturated heterocycles. The summed E-state index contributed by atoms with van der Waals surface area (Å²) in [5, 5.41) is 0. The molecule has 0 aliphatic rings. The van der Waals surface area contributed by atoms with Crippen LogP contribution in [0.3, 0.4) is 0 Å². The predicted molar refractivity (Wildman–Crippen MR) is 33.9 cm³/mol. The maximum atomic E-state index is 12.7. The first kappa shape index (κ1) is 6.27. The fourth-order valence-corrected chi connectivity index (χ4v) is 0.887. The molecule has 4 heteroatoms. The molecule has 0 fully saturated rings. The quantitative estimate of drug-likeness (QED) is 0.582. The standard InChI is InChI=1S/C7H3F2NO/c8-4-1-2-5(9)7-6(4)10-3-11-7/h1-3H. The van der Waals surface area contributed by atoms with Gasteiger partial charge in [-0.3, -0.25) is 0 Å². The Balaban J connectivity index is 2.96. The van der Waals surface area contributed by atoms with E-state index in [0.717, 1.165) is 18.5 Å². The van der Waals surface area contributed by atoms with Crippen LogP contribution in [0.4, 0.5) is 8.78 Å². The summed E-state index contributed by atoms with van der Waals surface area (Å²) in [6, 6.07) is 2.02. The van der Waals surface area contributed by atoms with E-state index in [9.17, 15) is 8.78 Å². The minimum atomic E-state index is -0.598. The van der Waals surface area contributed by atoms with Crippen LogP contribution in [0.25, 0.3) is 11.1 Å². The monoisotopic (exact) mass is 155 g/mol. The van der Waals surface area contributed by atoms with Crippen molar-refractivity contribution in [3.63, 3.8) is 0 Å². The minimum Gasteiger partial charge on any atom is -0.440 e. The van der Waals surface area contributed by atoms with Crippen molar-refractivity contribution in [2.24, 2.45) is 0 Å². The molecule has 2 nitrogen and oxygen atoms in total. The zero-order valence-corrected chi connectivity index (χ0v) is 5.34. The maximum Gasteiger partial charge on any atom is 0.193 e. The first-order valence-corrected chi connectivity index (χ1v) is 2.96. The zero-order chi connectivity index (χ0) is 7.84. The molecular weight excluding hydrogens is 152 g/mol. The summed E-state index contributed by atoms with van der Waals surface area (Å²) in [7, 11) is 0. The summed E-state index contributed by atoms with van der Waals surface area (Å²) in [4.78, 5) is 3.50. The van der Waals surface area contributed by atoms with Crippen molar-refractivity contribution in [1.29, 1.82) is 0 Å². The molecule has 1 heterocycles. The Bertz CT molecular complexity index is 360. The summed E-state index contributed by atoms with van der Waals surface area (Å²) in [6.07, 6.45) is 1.01. The van der Waals surface area contributed by atoms with Crippen LogP contribution in [0.1, 0.15) is 0 Å². The van der Waals surface area contributed by atoms with Crippen LogP contribution in [0, 0.1) is 11.6 Å². The van der Waals surface area contributed by atoms with E-state index in [-0.39, 0.29) is 11.1 Å². The third kappa shape index (κ3) is 0.790. The SMILES string of the molecule is Fc1ccc(F)c2ocnc12. The molecule has 0 aliphatic heterocycles. The number of nitrogens with zero attached hydrogens (tertiary/aromatic N) is 1. The van der Waals surface area contributed by atoms with Gasteiger partial charge in [-0.25, -0.2) is 13.8 Å². The Hall–Kier alpha value is -1.45. The molecule has 0 N–H and O–H groups in total. The van der Waals surface area contributed by atoms with Gasteiger partial charge in [0.05, 0.1) is 0 Å². The number of oxazole rings is 1. The van der Waals surface area contributed by atoms with E-state index >= 15 is 0 Å². The van der Waals surface area contributed by atoms with E-state index in [1.165, 1.54) is 0 Å². The molecule has 0 radical (unpaired) electrons. The lowest BCUT2D eigenvalue weighted by atomic mass is 10.3. The second kappa shape index (κ2) is 2.02. The molecule has 0 aliphatic carbocycles. The van der Waals surface area contributed by atoms with Gasteiger partial charge in [0.25, 0.3) is 0 Å². The van der Waals surface area contributed by atoms with Crippen LogP contribution >= 0.6 is 0 Å². The van der Waals surface area contributed by atoms with Crippen LogP contribution in [-0.2, 0) is 0 Å². The highest BCUT2D eigenvalue weighted by molar-refractivity contribution is 5.73. The Morgan fingerprint density at radius 3 is 2.64 bits per heavy atom. The number of aromatic nitrogens is 1. The maximum absolute atomic E-state index is 12.7. The molecule has 1 aromatic carbocycles. The highest BCUT2D eigenvalue weighted by Crippen LogP contribution is 2.18. The van der Waals surface area contributed by atoms with Crippen molar-refractivity contribution in [3.05, 3.63) is 30.2 Å². The third-order valence-electron chi connectivity index (χ3n) is 1.39. The van der Waals surface area contributed by atoms with Crippen LogP contribution < -0.4 is 0 Å². The van der Waals surface area contributed by atoms with Crippen LogP contribution in [-0.4, -0.2) is 4.98 Å². The predicted octanol–water partition coefficient (Wildman–Crippen LogP) is 2.11. The first-order valence-electron chi connectivity index (χ1n) is 2.96. The normalized spacial score (nSPS) is 10.7. The molecule has 0 spiro atoms. The zero-order valence-electron chi connectivity index (χ0n) is 5.34. The fourth-order valence-electron chi connectivity index (χ4n) is 0.887. The fraction of sp³-hybridized carbons (Fsp3) is 0. The van der Waals surface area contributed by atoms with Gasteiger partial charge >= 0.3 is 0 Å². The number of benzene rings is 1. The third-order valence-corrected chi connectivity index (χ3v) is 1.39. The van der Waals surface area contributed by atoms with Gasteiger partial charge < -0.3 is 4.42 Å². The van der Waals surface area contributed by atoms with Gasteiger partial charge in [0.1, 0.15) is 5.52 Å². The van der Waals surface area contributed by atoms with Crippen LogP contribution in [0.5, 0.6) is 0 Å². The lowest BCUT2D eigenvalue weighted by Gasteiger charge is -1.89. The van der Waals surface area contributed by atoms with Crippen molar-refractivity contribution >= 4 is 11.1 Å². The lowest BCUT2D eigenvalue weighted by molar-refractivity contribution is 0.551. The summed E-state index contributed by atoms with van der Waals surface area (Å²) in [5.74, 6) is -1.17. The molecule has 0 atom stereocenters. The van der Waals surface area contributed by atoms with Gasteiger partial charge in [0.15, 0.2) is 23.6 Å². The van der Waals surface area contributed by atoms with Crippen molar-refractivity contribution < 1.29 is 13.2 Å². The smallest absolute Gasteiger partial charge is 0.193 e. The van der Waals surface area contributed by atoms with E-state index in [4.69, 9.17) is 0 Å². The highest BCUT2D eigenvalue weighted by Gasteiger charge is 2.08. The molecule has 0 unspecified atom stereocenters. The van der Waals surface area contributed by atoms with Gasteiger partial charge in [-0.2, -0.15) is 0 Å². The second-order valence-electron chi connectivity index (χ2n) is 2.06. The van der Waals surface area contributed by atoms with Crippen molar-refractivity contribution in [3.8, 4) is 0 Å². The van der Waals surface area contributed by atoms with E-state index in [1.807, 2.05) is 0 Å². The molecule has 56 valence electrons. The van der Waals surface area contributed by atoms with E-state index in [0.29, 0.717) is 0 Å². The highest BCUT2D eigenvalue weighted by atomic mass is 19.1. The van der Waals surface area contributed by atoms with Gasteiger partial charge in [-0.15, -0.1) is 0 Å². The molecule has 11 heavy (non-hydrogen) atoms. The summed E-state index contributed by atoms with van der Waals surface area (Å²) >= 11 is 0. The molecule has 1 aromatic heterocycles.